The van der Waals surface area contributed by atoms with E-state index in [1.807, 2.05) is 39.0 Å². The molecule has 1 atom stereocenters. The largest absolute Gasteiger partial charge is 0.480 e. The second-order valence-electron chi connectivity index (χ2n) is 4.43. The van der Waals surface area contributed by atoms with Gasteiger partial charge in [0.2, 0.25) is 0 Å². The molecule has 0 saturated carbocycles. The molecule has 2 N–H and O–H groups in total. The molecule has 0 fully saturated rings. The summed E-state index contributed by atoms with van der Waals surface area (Å²) in [7, 11) is 0. The van der Waals surface area contributed by atoms with Gasteiger partial charge in [0.1, 0.15) is 5.54 Å². The van der Waals surface area contributed by atoms with Crippen molar-refractivity contribution in [3.63, 3.8) is 0 Å². The zero-order valence-corrected chi connectivity index (χ0v) is 10.3. The van der Waals surface area contributed by atoms with Gasteiger partial charge < -0.3 is 10.4 Å². The number of carboxylic acid groups (broad SMARTS) is 1. The molecule has 1 rings (SSSR count). The predicted molar refractivity (Wildman–Crippen MR) is 65.9 cm³/mol. The van der Waals surface area contributed by atoms with Crippen molar-refractivity contribution in [1.29, 1.82) is 0 Å². The van der Waals surface area contributed by atoms with Crippen LogP contribution < -0.4 is 5.32 Å². The Morgan fingerprint density at radius 1 is 1.44 bits per heavy atom. The molecule has 0 bridgehead atoms. The van der Waals surface area contributed by atoms with E-state index >= 15 is 0 Å². The Bertz CT molecular complexity index is 401. The normalized spacial score (nSPS) is 14.2. The molecule has 88 valence electrons. The van der Waals surface area contributed by atoms with E-state index in [0.29, 0.717) is 6.42 Å². The highest BCUT2D eigenvalue weighted by Crippen LogP contribution is 2.22. The van der Waals surface area contributed by atoms with Crippen molar-refractivity contribution >= 4 is 11.7 Å². The summed E-state index contributed by atoms with van der Waals surface area (Å²) in [6.07, 6.45) is 0.537. The van der Waals surface area contributed by atoms with Crippen molar-refractivity contribution in [1.82, 2.24) is 0 Å². The third-order valence-electron chi connectivity index (χ3n) is 2.97. The number of rotatable bonds is 4. The van der Waals surface area contributed by atoms with Gasteiger partial charge in [0.05, 0.1) is 0 Å². The first-order chi connectivity index (χ1) is 7.39. The summed E-state index contributed by atoms with van der Waals surface area (Å²) in [6.45, 7) is 7.57. The van der Waals surface area contributed by atoms with Gasteiger partial charge in [0.25, 0.3) is 0 Å². The molecular weight excluding hydrogens is 202 g/mol. The number of benzene rings is 1. The van der Waals surface area contributed by atoms with Crippen LogP contribution in [0.1, 0.15) is 31.4 Å². The molecule has 16 heavy (non-hydrogen) atoms. The van der Waals surface area contributed by atoms with Crippen LogP contribution in [-0.2, 0) is 4.79 Å². The van der Waals surface area contributed by atoms with E-state index in [2.05, 4.69) is 5.32 Å². The summed E-state index contributed by atoms with van der Waals surface area (Å²) in [4.78, 5) is 11.2. The Balaban J connectivity index is 2.99. The van der Waals surface area contributed by atoms with E-state index in [-0.39, 0.29) is 0 Å². The number of hydrogen-bond acceptors (Lipinski definition) is 2. The summed E-state index contributed by atoms with van der Waals surface area (Å²) < 4.78 is 0. The molecule has 0 aliphatic heterocycles. The maximum Gasteiger partial charge on any atom is 0.329 e. The highest BCUT2D eigenvalue weighted by molar-refractivity contribution is 5.82. The molecule has 0 radical (unpaired) electrons. The minimum Gasteiger partial charge on any atom is -0.480 e. The highest BCUT2D eigenvalue weighted by atomic mass is 16.4. The number of carboxylic acids is 1. The van der Waals surface area contributed by atoms with Crippen molar-refractivity contribution < 1.29 is 9.90 Å². The van der Waals surface area contributed by atoms with E-state index in [4.69, 9.17) is 0 Å². The van der Waals surface area contributed by atoms with Crippen LogP contribution >= 0.6 is 0 Å². The van der Waals surface area contributed by atoms with Crippen LogP contribution in [0.3, 0.4) is 0 Å². The third-order valence-corrected chi connectivity index (χ3v) is 2.97. The molecule has 0 heterocycles. The van der Waals surface area contributed by atoms with Crippen LogP contribution in [0.15, 0.2) is 18.2 Å². The molecule has 3 nitrogen and oxygen atoms in total. The summed E-state index contributed by atoms with van der Waals surface area (Å²) in [5.41, 5.74) is 2.23. The fourth-order valence-corrected chi connectivity index (χ4v) is 1.54. The lowest BCUT2D eigenvalue weighted by molar-refractivity contribution is -0.141. The molecule has 3 heteroatoms. The quantitative estimate of drug-likeness (QED) is 0.821. The third kappa shape index (κ3) is 2.54. The molecule has 0 aliphatic carbocycles. The molecule has 0 spiro atoms. The van der Waals surface area contributed by atoms with E-state index in [9.17, 15) is 9.90 Å². The van der Waals surface area contributed by atoms with Gasteiger partial charge in [-0.05, 0) is 38.8 Å². The van der Waals surface area contributed by atoms with Gasteiger partial charge in [-0.3, -0.25) is 0 Å². The predicted octanol–water partition coefficient (Wildman–Crippen LogP) is 2.97. The molecular formula is C13H19NO2. The Morgan fingerprint density at radius 2 is 2.06 bits per heavy atom. The lowest BCUT2D eigenvalue weighted by Crippen LogP contribution is -2.42. The van der Waals surface area contributed by atoms with E-state index in [1.54, 1.807) is 6.92 Å². The smallest absolute Gasteiger partial charge is 0.329 e. The number of hydrogen-bond donors (Lipinski definition) is 2. The summed E-state index contributed by atoms with van der Waals surface area (Å²) >= 11 is 0. The lowest BCUT2D eigenvalue weighted by Gasteiger charge is -2.27. The first-order valence-corrected chi connectivity index (χ1v) is 5.48. The van der Waals surface area contributed by atoms with Crippen LogP contribution in [0.4, 0.5) is 5.69 Å². The van der Waals surface area contributed by atoms with Gasteiger partial charge in [-0.15, -0.1) is 0 Å². The van der Waals surface area contributed by atoms with E-state index in [1.165, 1.54) is 5.56 Å². The first kappa shape index (κ1) is 12.6. The topological polar surface area (TPSA) is 49.3 Å². The number of carbonyl (C=O) groups is 1. The minimum absolute atomic E-state index is 0.537. The Kier molecular flexibility index (Phi) is 3.58. The maximum absolute atomic E-state index is 11.2. The fraction of sp³-hybridized carbons (Fsp3) is 0.462. The van der Waals surface area contributed by atoms with Crippen molar-refractivity contribution in [2.45, 2.75) is 39.7 Å². The lowest BCUT2D eigenvalue weighted by atomic mass is 9.97. The second kappa shape index (κ2) is 4.56. The SMILES string of the molecule is CCC(C)(Nc1ccc(C)cc1C)C(=O)O. The number of anilines is 1. The van der Waals surface area contributed by atoms with Crippen LogP contribution in [-0.4, -0.2) is 16.6 Å². The van der Waals surface area contributed by atoms with Crippen molar-refractivity contribution in [3.05, 3.63) is 29.3 Å². The van der Waals surface area contributed by atoms with Crippen LogP contribution in [0.5, 0.6) is 0 Å². The zero-order chi connectivity index (χ0) is 12.3. The van der Waals surface area contributed by atoms with Crippen LogP contribution in [0.2, 0.25) is 0 Å². The molecule has 0 aromatic heterocycles. The van der Waals surface area contributed by atoms with Crippen molar-refractivity contribution in [2.75, 3.05) is 5.32 Å². The van der Waals surface area contributed by atoms with Crippen molar-refractivity contribution in [3.8, 4) is 0 Å². The summed E-state index contributed by atoms with van der Waals surface area (Å²) in [5, 5.41) is 12.3. The van der Waals surface area contributed by atoms with E-state index < -0.39 is 11.5 Å². The molecule has 1 unspecified atom stereocenters. The van der Waals surface area contributed by atoms with Gasteiger partial charge >= 0.3 is 5.97 Å². The van der Waals surface area contributed by atoms with Gasteiger partial charge in [0, 0.05) is 5.69 Å². The number of nitrogens with one attached hydrogen (secondary N) is 1. The Morgan fingerprint density at radius 3 is 2.50 bits per heavy atom. The van der Waals surface area contributed by atoms with E-state index in [0.717, 1.165) is 11.3 Å². The molecule has 0 aliphatic rings. The first-order valence-electron chi connectivity index (χ1n) is 5.48. The fourth-order valence-electron chi connectivity index (χ4n) is 1.54. The van der Waals surface area contributed by atoms with Gasteiger partial charge in [-0.2, -0.15) is 0 Å². The number of aliphatic carboxylic acids is 1. The van der Waals surface area contributed by atoms with Crippen LogP contribution in [0.25, 0.3) is 0 Å². The molecule has 1 aromatic rings. The number of aryl methyl sites for hydroxylation is 2. The monoisotopic (exact) mass is 221 g/mol. The highest BCUT2D eigenvalue weighted by Gasteiger charge is 2.30. The van der Waals surface area contributed by atoms with Crippen molar-refractivity contribution in [2.24, 2.45) is 0 Å². The second-order valence-corrected chi connectivity index (χ2v) is 4.43. The van der Waals surface area contributed by atoms with Gasteiger partial charge in [-0.1, -0.05) is 24.6 Å². The van der Waals surface area contributed by atoms with Gasteiger partial charge in [0.15, 0.2) is 0 Å². The minimum atomic E-state index is -0.903. The van der Waals surface area contributed by atoms with Crippen LogP contribution in [0, 0.1) is 13.8 Å². The maximum atomic E-state index is 11.2. The summed E-state index contributed by atoms with van der Waals surface area (Å²) in [5.74, 6) is -0.824. The molecule has 1 aromatic carbocycles. The summed E-state index contributed by atoms with van der Waals surface area (Å²) in [6, 6.07) is 5.95. The Labute approximate surface area is 96.5 Å². The average molecular weight is 221 g/mol. The Hall–Kier alpha value is -1.51. The molecule has 0 saturated heterocycles. The molecule has 0 amide bonds. The zero-order valence-electron chi connectivity index (χ0n) is 10.3. The standard InChI is InChI=1S/C13H19NO2/c1-5-13(4,12(15)16)14-11-7-6-9(2)8-10(11)3/h6-8,14H,5H2,1-4H3,(H,15,16). The average Bonchev–Trinajstić information content (AvgIpc) is 2.22. The van der Waals surface area contributed by atoms with Gasteiger partial charge in [-0.25, -0.2) is 4.79 Å².